The number of carbonyl (C=O) groups excluding carboxylic acids is 1. The molecule has 0 radical (unpaired) electrons. The number of pyridine rings is 1. The molecule has 2 N–H and O–H groups in total. The largest absolute Gasteiger partial charge is 0.308 e. The van der Waals surface area contributed by atoms with Crippen LogP contribution in [0.25, 0.3) is 0 Å². The molecule has 2 aromatic heterocycles. The molecule has 0 saturated heterocycles. The van der Waals surface area contributed by atoms with Gasteiger partial charge in [0.15, 0.2) is 5.82 Å². The molecule has 1 unspecified atom stereocenters. The highest BCUT2D eigenvalue weighted by atomic mass is 32.2. The van der Waals surface area contributed by atoms with E-state index >= 15 is 0 Å². The third-order valence-corrected chi connectivity index (χ3v) is 6.96. The molecule has 0 fully saturated rings. The van der Waals surface area contributed by atoms with Gasteiger partial charge in [0.25, 0.3) is 0 Å². The maximum atomic E-state index is 12.9. The third-order valence-electron chi connectivity index (χ3n) is 4.83. The zero-order valence-electron chi connectivity index (χ0n) is 18.1. The highest BCUT2D eigenvalue weighted by Gasteiger charge is 2.26. The van der Waals surface area contributed by atoms with Crippen molar-refractivity contribution in [3.05, 3.63) is 72.2 Å². The minimum absolute atomic E-state index is 0.130. The van der Waals surface area contributed by atoms with Gasteiger partial charge in [-0.05, 0) is 61.6 Å². The number of hydrogen-bond donors (Lipinski definition) is 2. The summed E-state index contributed by atoms with van der Waals surface area (Å²) in [5, 5.41) is 7.11. The lowest BCUT2D eigenvalue weighted by atomic mass is 10.2. The summed E-state index contributed by atoms with van der Waals surface area (Å²) in [5.74, 6) is 0.581. The molecular weight excluding hydrogens is 446 g/mol. The number of amides is 1. The van der Waals surface area contributed by atoms with Gasteiger partial charge in [-0.1, -0.05) is 17.7 Å². The number of carbonyl (C=O) groups is 1. The van der Waals surface area contributed by atoms with E-state index in [0.717, 1.165) is 17.5 Å². The van der Waals surface area contributed by atoms with Gasteiger partial charge in [0.05, 0.1) is 4.90 Å². The summed E-state index contributed by atoms with van der Waals surface area (Å²) in [6, 6.07) is 11.2. The minimum Gasteiger partial charge on any atom is -0.308 e. The molecule has 3 aromatic rings. The van der Waals surface area contributed by atoms with Crippen LogP contribution in [0.2, 0.25) is 0 Å². The smallest absolute Gasteiger partial charge is 0.243 e. The Bertz CT molecular complexity index is 1120. The van der Waals surface area contributed by atoms with E-state index < -0.39 is 22.0 Å². The molecule has 8 nitrogen and oxygen atoms in total. The van der Waals surface area contributed by atoms with Gasteiger partial charge in [0.2, 0.25) is 15.9 Å². The van der Waals surface area contributed by atoms with Crippen molar-refractivity contribution in [1.82, 2.24) is 19.5 Å². The molecule has 3 rings (SSSR count). The van der Waals surface area contributed by atoms with Crippen LogP contribution in [0, 0.1) is 6.92 Å². The molecule has 32 heavy (non-hydrogen) atoms. The van der Waals surface area contributed by atoms with Crippen molar-refractivity contribution in [2.24, 2.45) is 0 Å². The summed E-state index contributed by atoms with van der Waals surface area (Å²) >= 11 is 1.55. The van der Waals surface area contributed by atoms with Gasteiger partial charge >= 0.3 is 0 Å². The quantitative estimate of drug-likeness (QED) is 0.444. The highest BCUT2D eigenvalue weighted by molar-refractivity contribution is 7.98. The van der Waals surface area contributed by atoms with Gasteiger partial charge in [-0.3, -0.25) is 14.5 Å². The fourth-order valence-electron chi connectivity index (χ4n) is 3.01. The van der Waals surface area contributed by atoms with E-state index in [1.54, 1.807) is 53.2 Å². The zero-order chi connectivity index (χ0) is 23.0. The van der Waals surface area contributed by atoms with Gasteiger partial charge in [-0.2, -0.15) is 21.6 Å². The SMILES string of the molecule is CSCCC(NS(=O)(=O)c1ccc(C)cc1)C(=O)Nc1ccn(CCc2ccncc2)n1. The Morgan fingerprint density at radius 1 is 1.12 bits per heavy atom. The van der Waals surface area contributed by atoms with Crippen LogP contribution in [0.15, 0.2) is 66.0 Å². The van der Waals surface area contributed by atoms with E-state index in [9.17, 15) is 13.2 Å². The van der Waals surface area contributed by atoms with Crippen LogP contribution < -0.4 is 10.0 Å². The molecule has 10 heteroatoms. The zero-order valence-corrected chi connectivity index (χ0v) is 19.7. The molecule has 0 aliphatic heterocycles. The Morgan fingerprint density at radius 3 is 2.53 bits per heavy atom. The van der Waals surface area contributed by atoms with Gasteiger partial charge in [-0.25, -0.2) is 8.42 Å². The first-order chi connectivity index (χ1) is 15.4. The monoisotopic (exact) mass is 473 g/mol. The van der Waals surface area contributed by atoms with Crippen LogP contribution in [-0.2, 0) is 27.8 Å². The minimum atomic E-state index is -3.83. The normalized spacial score (nSPS) is 12.4. The fourth-order valence-corrected chi connectivity index (χ4v) is 4.71. The van der Waals surface area contributed by atoms with E-state index in [1.165, 1.54) is 12.1 Å². The number of aryl methyl sites for hydroxylation is 3. The fraction of sp³-hybridized carbons (Fsp3) is 0.318. The number of rotatable bonds is 11. The van der Waals surface area contributed by atoms with E-state index in [-0.39, 0.29) is 4.90 Å². The Hall–Kier alpha value is -2.69. The highest BCUT2D eigenvalue weighted by Crippen LogP contribution is 2.14. The van der Waals surface area contributed by atoms with Crippen molar-refractivity contribution >= 4 is 33.5 Å². The molecule has 1 atom stereocenters. The summed E-state index contributed by atoms with van der Waals surface area (Å²) < 4.78 is 29.8. The molecular formula is C22H27N5O3S2. The maximum Gasteiger partial charge on any atom is 0.243 e. The molecule has 0 aliphatic carbocycles. The van der Waals surface area contributed by atoms with Crippen molar-refractivity contribution in [2.75, 3.05) is 17.3 Å². The molecule has 0 aliphatic rings. The first-order valence-corrected chi connectivity index (χ1v) is 13.1. The standard InChI is InChI=1S/C22H27N5O3S2/c1-17-3-5-19(6-4-17)32(29,30)26-20(11-16-31-2)22(28)24-21-10-15-27(25-21)14-9-18-7-12-23-13-8-18/h3-8,10,12-13,15,20,26H,9,11,14,16H2,1-2H3,(H,24,25,28). The van der Waals surface area contributed by atoms with Gasteiger partial charge in [-0.15, -0.1) is 0 Å². The average molecular weight is 474 g/mol. The Balaban J connectivity index is 1.64. The molecule has 1 amide bonds. The number of aromatic nitrogens is 3. The van der Waals surface area contributed by atoms with E-state index in [2.05, 4.69) is 20.1 Å². The van der Waals surface area contributed by atoms with E-state index in [4.69, 9.17) is 0 Å². The molecule has 0 bridgehead atoms. The van der Waals surface area contributed by atoms with Crippen molar-refractivity contribution < 1.29 is 13.2 Å². The lowest BCUT2D eigenvalue weighted by Crippen LogP contribution is -2.44. The first kappa shape index (κ1) is 24.0. The lowest BCUT2D eigenvalue weighted by molar-refractivity contribution is -0.117. The second-order valence-electron chi connectivity index (χ2n) is 7.33. The van der Waals surface area contributed by atoms with E-state index in [0.29, 0.717) is 24.5 Å². The van der Waals surface area contributed by atoms with Crippen LogP contribution in [0.5, 0.6) is 0 Å². The molecule has 170 valence electrons. The topological polar surface area (TPSA) is 106 Å². The number of nitrogens with one attached hydrogen (secondary N) is 2. The van der Waals surface area contributed by atoms with Crippen LogP contribution in [0.4, 0.5) is 5.82 Å². The lowest BCUT2D eigenvalue weighted by Gasteiger charge is -2.17. The van der Waals surface area contributed by atoms with Gasteiger partial charge in [0.1, 0.15) is 6.04 Å². The van der Waals surface area contributed by atoms with Crippen molar-refractivity contribution in [2.45, 2.75) is 37.2 Å². The Labute approximate surface area is 192 Å². The average Bonchev–Trinajstić information content (AvgIpc) is 3.23. The van der Waals surface area contributed by atoms with Crippen molar-refractivity contribution in [1.29, 1.82) is 0 Å². The second kappa shape index (κ2) is 11.3. The number of benzene rings is 1. The summed E-state index contributed by atoms with van der Waals surface area (Å²) in [6.45, 7) is 2.53. The third kappa shape index (κ3) is 6.91. The molecule has 0 saturated carbocycles. The van der Waals surface area contributed by atoms with Crippen LogP contribution in [0.1, 0.15) is 17.5 Å². The molecule has 1 aromatic carbocycles. The first-order valence-electron chi connectivity index (χ1n) is 10.2. The summed E-state index contributed by atoms with van der Waals surface area (Å²) in [6.07, 6.45) is 8.33. The van der Waals surface area contributed by atoms with E-state index in [1.807, 2.05) is 25.3 Å². The summed E-state index contributed by atoms with van der Waals surface area (Å²) in [7, 11) is -3.83. The van der Waals surface area contributed by atoms with Gasteiger partial charge in [0, 0.05) is 31.2 Å². The number of sulfonamides is 1. The molecule has 0 spiro atoms. The number of nitrogens with zero attached hydrogens (tertiary/aromatic N) is 3. The van der Waals surface area contributed by atoms with Gasteiger partial charge < -0.3 is 5.32 Å². The number of hydrogen-bond acceptors (Lipinski definition) is 6. The van der Waals surface area contributed by atoms with Crippen LogP contribution >= 0.6 is 11.8 Å². The van der Waals surface area contributed by atoms with Crippen molar-refractivity contribution in [3.63, 3.8) is 0 Å². The Morgan fingerprint density at radius 2 is 1.84 bits per heavy atom. The molecule has 2 heterocycles. The maximum absolute atomic E-state index is 12.9. The number of thioether (sulfide) groups is 1. The predicted molar refractivity (Wildman–Crippen MR) is 127 cm³/mol. The summed E-state index contributed by atoms with van der Waals surface area (Å²) in [5.41, 5.74) is 2.10. The van der Waals surface area contributed by atoms with Crippen LogP contribution in [0.3, 0.4) is 0 Å². The Kier molecular flexibility index (Phi) is 8.43. The van der Waals surface area contributed by atoms with Crippen LogP contribution in [-0.4, -0.2) is 47.1 Å². The van der Waals surface area contributed by atoms with Crippen molar-refractivity contribution in [3.8, 4) is 0 Å². The predicted octanol–water partition coefficient (Wildman–Crippen LogP) is 2.87. The second-order valence-corrected chi connectivity index (χ2v) is 10.0. The number of anilines is 1. The summed E-state index contributed by atoms with van der Waals surface area (Å²) in [4.78, 5) is 17.0.